The van der Waals surface area contributed by atoms with E-state index >= 15 is 0 Å². The molecule has 0 amide bonds. The normalized spacial score (nSPS) is 13.6. The molecule has 0 saturated carbocycles. The molecule has 0 heterocycles. The lowest BCUT2D eigenvalue weighted by molar-refractivity contribution is -0.137. The van der Waals surface area contributed by atoms with Crippen molar-refractivity contribution in [1.29, 1.82) is 0 Å². The van der Waals surface area contributed by atoms with Crippen LogP contribution in [0.15, 0.2) is 48.5 Å². The second-order valence-electron chi connectivity index (χ2n) is 6.06. The first kappa shape index (κ1) is 23.9. The van der Waals surface area contributed by atoms with Crippen molar-refractivity contribution in [3.8, 4) is 0 Å². The number of benzene rings is 2. The van der Waals surface area contributed by atoms with E-state index in [2.05, 4.69) is 11.8 Å². The van der Waals surface area contributed by atoms with Gasteiger partial charge in [0, 0.05) is 12.1 Å². The first-order valence-electron chi connectivity index (χ1n) is 7.66. The Morgan fingerprint density at radius 1 is 0.840 bits per heavy atom. The molecule has 1 nitrogen and oxygen atoms in total. The molecule has 2 aromatic carbocycles. The van der Waals surface area contributed by atoms with Crippen LogP contribution in [0.3, 0.4) is 0 Å². The molecule has 0 radical (unpaired) electrons. The van der Waals surface area contributed by atoms with Crippen molar-refractivity contribution in [3.05, 3.63) is 70.8 Å². The molecule has 1 unspecified atom stereocenters. The van der Waals surface area contributed by atoms with E-state index in [-0.39, 0.29) is 39.1 Å². The Kier molecular flexibility index (Phi) is 9.13. The third kappa shape index (κ3) is 5.97. The smallest absolute Gasteiger partial charge is 0.293 e. The van der Waals surface area contributed by atoms with Crippen LogP contribution in [-0.4, -0.2) is 11.9 Å². The Morgan fingerprint density at radius 2 is 1.36 bits per heavy atom. The van der Waals surface area contributed by atoms with Crippen molar-refractivity contribution in [2.75, 3.05) is 7.05 Å². The maximum absolute atomic E-state index is 13.0. The molecule has 2 aromatic rings. The van der Waals surface area contributed by atoms with Crippen LogP contribution < -0.4 is 0 Å². The molecule has 0 aliphatic carbocycles. The topological polar surface area (TPSA) is 3.24 Å². The van der Waals surface area contributed by atoms with Gasteiger partial charge in [-0.05, 0) is 51.1 Å². The molecular weight excluding hydrogens is 363 g/mol. The van der Waals surface area contributed by atoms with Gasteiger partial charge in [0.15, 0.2) is 0 Å². The molecule has 0 N–H and O–H groups in total. The molecule has 25 heavy (non-hydrogen) atoms. The van der Waals surface area contributed by atoms with Gasteiger partial charge in [-0.3, -0.25) is 4.90 Å². The van der Waals surface area contributed by atoms with E-state index in [1.54, 1.807) is 6.92 Å². The molecule has 0 aromatic heterocycles. The summed E-state index contributed by atoms with van der Waals surface area (Å²) in [5, 5.41) is 0. The lowest BCUT2D eigenvalue weighted by atomic mass is 9.98. The molecule has 2 atom stereocenters. The van der Waals surface area contributed by atoms with Crippen LogP contribution in [0.25, 0.3) is 0 Å². The monoisotopic (exact) mass is 389 g/mol. The third-order valence-electron chi connectivity index (χ3n) is 4.41. The van der Waals surface area contributed by atoms with Gasteiger partial charge < -0.3 is 0 Å². The maximum Gasteiger partial charge on any atom is 0.416 e. The highest BCUT2D eigenvalue weighted by atomic mass is 32.1. The van der Waals surface area contributed by atoms with E-state index < -0.39 is 11.7 Å². The van der Waals surface area contributed by atoms with Crippen LogP contribution >= 0.6 is 27.0 Å². The summed E-state index contributed by atoms with van der Waals surface area (Å²) < 4.78 is 39.1. The van der Waals surface area contributed by atoms with Gasteiger partial charge in [0.05, 0.1) is 5.56 Å². The van der Waals surface area contributed by atoms with E-state index in [4.69, 9.17) is 0 Å². The number of nitrogens with zero attached hydrogens (tertiary/aromatic N) is 1. The number of alkyl halides is 3. The lowest BCUT2D eigenvalue weighted by Gasteiger charge is -2.32. The Morgan fingerprint density at radius 3 is 1.88 bits per heavy atom. The van der Waals surface area contributed by atoms with Gasteiger partial charge in [-0.25, -0.2) is 0 Å². The van der Waals surface area contributed by atoms with E-state index in [9.17, 15) is 13.2 Å². The summed E-state index contributed by atoms with van der Waals surface area (Å²) >= 11 is 0. The molecule has 0 aliphatic heterocycles. The van der Waals surface area contributed by atoms with Crippen molar-refractivity contribution in [2.45, 2.75) is 39.0 Å². The Labute approximate surface area is 162 Å². The summed E-state index contributed by atoms with van der Waals surface area (Å²) in [6.45, 7) is 5.70. The summed E-state index contributed by atoms with van der Waals surface area (Å²) in [7, 11) is 1.94. The minimum absolute atomic E-state index is 0. The highest BCUT2D eigenvalue weighted by Gasteiger charge is 2.31. The molecule has 0 saturated heterocycles. The van der Waals surface area contributed by atoms with Crippen LogP contribution in [0.4, 0.5) is 13.2 Å². The number of halogens is 3. The van der Waals surface area contributed by atoms with Gasteiger partial charge in [-0.1, -0.05) is 42.0 Å². The molecule has 0 bridgehead atoms. The van der Waals surface area contributed by atoms with Crippen LogP contribution in [-0.2, 0) is 6.18 Å². The lowest BCUT2D eigenvalue weighted by Crippen LogP contribution is -2.26. The zero-order valence-corrected chi connectivity index (χ0v) is 16.9. The summed E-state index contributed by atoms with van der Waals surface area (Å²) in [6, 6.07) is 14.2. The number of hydrogen-bond donors (Lipinski definition) is 0. The molecule has 140 valence electrons. The molecule has 2 rings (SSSR count). The minimum atomic E-state index is -4.32. The fraction of sp³-hybridized carbons (Fsp3) is 0.368. The Balaban J connectivity index is 0.00000288. The first-order chi connectivity index (χ1) is 10.7. The number of hydrogen-bond acceptors (Lipinski definition) is 1. The van der Waals surface area contributed by atoms with E-state index in [1.807, 2.05) is 50.4 Å². The average Bonchev–Trinajstić information content (AvgIpc) is 2.52. The van der Waals surface area contributed by atoms with Gasteiger partial charge in [0.25, 0.3) is 0 Å². The highest BCUT2D eigenvalue weighted by molar-refractivity contribution is 7.59. The van der Waals surface area contributed by atoms with E-state index in [0.29, 0.717) is 11.1 Å². The van der Waals surface area contributed by atoms with Gasteiger partial charge in [0.2, 0.25) is 0 Å². The van der Waals surface area contributed by atoms with Crippen LogP contribution in [0.2, 0.25) is 0 Å². The molecule has 0 aliphatic rings. The predicted octanol–water partition coefficient (Wildman–Crippen LogP) is 5.99. The van der Waals surface area contributed by atoms with Gasteiger partial charge >= 0.3 is 6.18 Å². The second kappa shape index (κ2) is 9.55. The fourth-order valence-corrected chi connectivity index (χ4v) is 2.75. The summed E-state index contributed by atoms with van der Waals surface area (Å²) in [5.41, 5.74) is 1.87. The first-order valence-corrected chi connectivity index (χ1v) is 7.66. The molecule has 6 heteroatoms. The molecule has 0 fully saturated rings. The van der Waals surface area contributed by atoms with Gasteiger partial charge in [-0.15, -0.1) is 0 Å². The van der Waals surface area contributed by atoms with Crippen LogP contribution in [0.1, 0.15) is 48.2 Å². The van der Waals surface area contributed by atoms with Crippen molar-refractivity contribution in [2.24, 2.45) is 0 Å². The molecule has 0 spiro atoms. The Hall–Kier alpha value is -1.11. The summed E-state index contributed by atoms with van der Waals surface area (Å²) in [4.78, 5) is 2.09. The highest BCUT2D eigenvalue weighted by Crippen LogP contribution is 2.34. The predicted molar refractivity (Wildman–Crippen MR) is 108 cm³/mol. The van der Waals surface area contributed by atoms with Crippen molar-refractivity contribution >= 4 is 27.0 Å². The van der Waals surface area contributed by atoms with Gasteiger partial charge in [-0.2, -0.15) is 40.2 Å². The second-order valence-corrected chi connectivity index (χ2v) is 6.06. The van der Waals surface area contributed by atoms with Crippen LogP contribution in [0.5, 0.6) is 0 Å². The fourth-order valence-electron chi connectivity index (χ4n) is 2.75. The van der Waals surface area contributed by atoms with E-state index in [0.717, 1.165) is 5.56 Å². The zero-order chi connectivity index (χ0) is 17.2. The van der Waals surface area contributed by atoms with Crippen molar-refractivity contribution in [3.63, 3.8) is 0 Å². The minimum Gasteiger partial charge on any atom is -0.293 e. The van der Waals surface area contributed by atoms with Crippen molar-refractivity contribution < 1.29 is 13.2 Å². The van der Waals surface area contributed by atoms with Gasteiger partial charge in [0.1, 0.15) is 0 Å². The van der Waals surface area contributed by atoms with Crippen LogP contribution in [0, 0.1) is 6.92 Å². The van der Waals surface area contributed by atoms with E-state index in [1.165, 1.54) is 12.1 Å². The molecular formula is C19H26F3NS2. The number of aryl methyl sites for hydroxylation is 1. The standard InChI is InChI=1S/C19H22F3N.2H2S/c1-13-10-17(12-18(11-13)19(20,21)22)15(3)23(4)14(2)16-8-6-5-7-9-16;;/h5-12,14-15H,1-4H3;2*1H2/t14?,15-;;/m0../s1. The zero-order valence-electron chi connectivity index (χ0n) is 14.9. The number of rotatable bonds is 4. The summed E-state index contributed by atoms with van der Waals surface area (Å²) in [6.07, 6.45) is -4.32. The SMILES string of the molecule is Cc1cc([C@H](C)N(C)C(C)c2ccccc2)cc(C(F)(F)F)c1.S.S. The largest absolute Gasteiger partial charge is 0.416 e. The van der Waals surface area contributed by atoms with Crippen molar-refractivity contribution in [1.82, 2.24) is 4.90 Å². The Bertz CT molecular complexity index is 659. The third-order valence-corrected chi connectivity index (χ3v) is 4.41. The average molecular weight is 390 g/mol. The quantitative estimate of drug-likeness (QED) is 0.620. The summed E-state index contributed by atoms with van der Waals surface area (Å²) in [5.74, 6) is 0. The maximum atomic E-state index is 13.0.